The number of rotatable bonds is 5. The molecule has 116 valence electrons. The minimum atomic E-state index is -0.264. The summed E-state index contributed by atoms with van der Waals surface area (Å²) in [7, 11) is 0. The van der Waals surface area contributed by atoms with Crippen LogP contribution >= 0.6 is 0 Å². The topological polar surface area (TPSA) is 48.3 Å². The van der Waals surface area contributed by atoms with Gasteiger partial charge in [-0.1, -0.05) is 43.0 Å². The Labute approximate surface area is 133 Å². The number of nitrogens with zero attached hydrogens (tertiary/aromatic N) is 1. The highest BCUT2D eigenvalue weighted by Gasteiger charge is 2.10. The number of hydrogen-bond acceptors (Lipinski definition) is 3. The Morgan fingerprint density at radius 3 is 1.83 bits per heavy atom. The zero-order valence-corrected chi connectivity index (χ0v) is 12.7. The number of benzene rings is 2. The van der Waals surface area contributed by atoms with E-state index < -0.39 is 0 Å². The second-order valence-corrected chi connectivity index (χ2v) is 5.24. The minimum Gasteiger partial charge on any atom is -0.502 e. The highest BCUT2D eigenvalue weighted by Crippen LogP contribution is 2.19. The second kappa shape index (κ2) is 6.48. The van der Waals surface area contributed by atoms with Crippen molar-refractivity contribution >= 4 is 21.5 Å². The Hall–Kier alpha value is -2.88. The van der Waals surface area contributed by atoms with Gasteiger partial charge in [0.25, 0.3) is 11.1 Å². The SMILES string of the molecule is C=COCCCn1c(=O)c2ccccc2c2ccccc2c1=O. The largest absolute Gasteiger partial charge is 0.502 e. The fourth-order valence-corrected chi connectivity index (χ4v) is 2.78. The van der Waals surface area contributed by atoms with Crippen molar-refractivity contribution in [3.8, 4) is 0 Å². The average Bonchev–Trinajstić information content (AvgIpc) is 2.68. The van der Waals surface area contributed by atoms with Crippen LogP contribution in [0, 0.1) is 0 Å². The van der Waals surface area contributed by atoms with Crippen molar-refractivity contribution < 1.29 is 4.74 Å². The first-order valence-corrected chi connectivity index (χ1v) is 7.51. The van der Waals surface area contributed by atoms with Gasteiger partial charge in [0, 0.05) is 17.3 Å². The summed E-state index contributed by atoms with van der Waals surface area (Å²) < 4.78 is 6.38. The van der Waals surface area contributed by atoms with Gasteiger partial charge in [-0.15, -0.1) is 0 Å². The lowest BCUT2D eigenvalue weighted by Crippen LogP contribution is -2.30. The zero-order chi connectivity index (χ0) is 16.2. The number of aromatic nitrogens is 1. The van der Waals surface area contributed by atoms with Crippen molar-refractivity contribution in [3.05, 3.63) is 82.1 Å². The molecule has 0 aliphatic carbocycles. The van der Waals surface area contributed by atoms with E-state index >= 15 is 0 Å². The maximum absolute atomic E-state index is 12.8. The molecule has 0 bridgehead atoms. The highest BCUT2D eigenvalue weighted by molar-refractivity contribution is 6.05. The van der Waals surface area contributed by atoms with Crippen LogP contribution in [-0.4, -0.2) is 11.2 Å². The molecule has 0 aliphatic rings. The third-order valence-electron chi connectivity index (χ3n) is 3.86. The number of hydrogen-bond donors (Lipinski definition) is 0. The van der Waals surface area contributed by atoms with Gasteiger partial charge in [0.2, 0.25) is 0 Å². The van der Waals surface area contributed by atoms with Gasteiger partial charge in [-0.05, 0) is 29.3 Å². The lowest BCUT2D eigenvalue weighted by atomic mass is 10.1. The van der Waals surface area contributed by atoms with Crippen molar-refractivity contribution in [3.63, 3.8) is 0 Å². The van der Waals surface area contributed by atoms with Gasteiger partial charge in [-0.3, -0.25) is 14.2 Å². The number of fused-ring (bicyclic) bond motifs is 3. The van der Waals surface area contributed by atoms with Gasteiger partial charge in [0.1, 0.15) is 0 Å². The maximum atomic E-state index is 12.8. The Bertz CT molecular complexity index is 916. The smallest absolute Gasteiger partial charge is 0.261 e. The molecule has 4 heteroatoms. The fourth-order valence-electron chi connectivity index (χ4n) is 2.78. The summed E-state index contributed by atoms with van der Waals surface area (Å²) >= 11 is 0. The third kappa shape index (κ3) is 2.75. The molecule has 0 spiro atoms. The molecule has 0 N–H and O–H groups in total. The maximum Gasteiger partial charge on any atom is 0.261 e. The molecule has 1 aromatic heterocycles. The van der Waals surface area contributed by atoms with Gasteiger partial charge in [-0.25, -0.2) is 0 Å². The molecule has 1 heterocycles. The van der Waals surface area contributed by atoms with Crippen molar-refractivity contribution in [2.24, 2.45) is 0 Å². The molecule has 0 radical (unpaired) electrons. The monoisotopic (exact) mass is 307 g/mol. The molecular weight excluding hydrogens is 290 g/mol. The van der Waals surface area contributed by atoms with E-state index in [1.807, 2.05) is 36.4 Å². The molecule has 0 unspecified atom stereocenters. The summed E-state index contributed by atoms with van der Waals surface area (Å²) in [4.78, 5) is 25.6. The summed E-state index contributed by atoms with van der Waals surface area (Å²) in [6, 6.07) is 14.7. The lowest BCUT2D eigenvalue weighted by Gasteiger charge is -2.02. The van der Waals surface area contributed by atoms with E-state index in [1.165, 1.54) is 10.8 Å². The standard InChI is InChI=1S/C19H17NO3/c1-2-23-13-7-12-20-18(21)16-10-5-3-8-14(16)15-9-4-6-11-17(15)19(20)22/h2-6,8-11H,1,7,12-13H2. The molecule has 0 amide bonds. The van der Waals surface area contributed by atoms with E-state index in [9.17, 15) is 9.59 Å². The van der Waals surface area contributed by atoms with Crippen LogP contribution in [0.5, 0.6) is 0 Å². The van der Waals surface area contributed by atoms with Gasteiger partial charge in [-0.2, -0.15) is 0 Å². The summed E-state index contributed by atoms with van der Waals surface area (Å²) in [5.74, 6) is 0. The van der Waals surface area contributed by atoms with Crippen LogP contribution in [0.25, 0.3) is 21.5 Å². The van der Waals surface area contributed by atoms with Crippen LogP contribution in [-0.2, 0) is 11.3 Å². The van der Waals surface area contributed by atoms with Gasteiger partial charge < -0.3 is 4.74 Å². The predicted molar refractivity (Wildman–Crippen MR) is 92.8 cm³/mol. The Kier molecular flexibility index (Phi) is 4.24. The van der Waals surface area contributed by atoms with Crippen LogP contribution in [0.2, 0.25) is 0 Å². The first-order valence-electron chi connectivity index (χ1n) is 7.51. The van der Waals surface area contributed by atoms with E-state index in [-0.39, 0.29) is 11.1 Å². The van der Waals surface area contributed by atoms with Gasteiger partial charge >= 0.3 is 0 Å². The molecule has 2 aromatic carbocycles. The second-order valence-electron chi connectivity index (χ2n) is 5.24. The van der Waals surface area contributed by atoms with Crippen molar-refractivity contribution in [1.29, 1.82) is 0 Å². The van der Waals surface area contributed by atoms with Crippen LogP contribution < -0.4 is 11.1 Å². The fraction of sp³-hybridized carbons (Fsp3) is 0.158. The zero-order valence-electron chi connectivity index (χ0n) is 12.7. The summed E-state index contributed by atoms with van der Waals surface area (Å²) in [5.41, 5.74) is -0.527. The minimum absolute atomic E-state index is 0.264. The van der Waals surface area contributed by atoms with Crippen LogP contribution in [0.15, 0.2) is 71.0 Å². The Morgan fingerprint density at radius 1 is 0.870 bits per heavy atom. The van der Waals surface area contributed by atoms with Crippen LogP contribution in [0.4, 0.5) is 0 Å². The molecule has 3 aromatic rings. The molecule has 4 nitrogen and oxygen atoms in total. The highest BCUT2D eigenvalue weighted by atomic mass is 16.5. The summed E-state index contributed by atoms with van der Waals surface area (Å²) in [5, 5.41) is 2.70. The molecule has 0 saturated heterocycles. The van der Waals surface area contributed by atoms with E-state index in [0.29, 0.717) is 30.3 Å². The molecule has 3 rings (SSSR count). The molecule has 0 atom stereocenters. The van der Waals surface area contributed by atoms with Crippen LogP contribution in [0.3, 0.4) is 0 Å². The van der Waals surface area contributed by atoms with Crippen molar-refractivity contribution in [2.75, 3.05) is 6.61 Å². The predicted octanol–water partition coefficient (Wildman–Crippen LogP) is 3.07. The quantitative estimate of drug-likeness (QED) is 0.537. The molecule has 0 fully saturated rings. The first-order chi connectivity index (χ1) is 11.2. The average molecular weight is 307 g/mol. The molecule has 23 heavy (non-hydrogen) atoms. The van der Waals surface area contributed by atoms with E-state index in [2.05, 4.69) is 6.58 Å². The molecule has 0 saturated carbocycles. The summed E-state index contributed by atoms with van der Waals surface area (Å²) in [6.45, 7) is 4.21. The Morgan fingerprint density at radius 2 is 1.35 bits per heavy atom. The first kappa shape index (κ1) is 15.0. The van der Waals surface area contributed by atoms with E-state index in [4.69, 9.17) is 4.74 Å². The Balaban J connectivity index is 2.33. The molecule has 0 aliphatic heterocycles. The molecular formula is C19H17NO3. The normalized spacial score (nSPS) is 10.8. The lowest BCUT2D eigenvalue weighted by molar-refractivity contribution is 0.239. The van der Waals surface area contributed by atoms with E-state index in [0.717, 1.165) is 10.8 Å². The third-order valence-corrected chi connectivity index (χ3v) is 3.86. The van der Waals surface area contributed by atoms with Crippen LogP contribution in [0.1, 0.15) is 6.42 Å². The van der Waals surface area contributed by atoms with Gasteiger partial charge in [0.15, 0.2) is 0 Å². The summed E-state index contributed by atoms with van der Waals surface area (Å²) in [6.07, 6.45) is 1.92. The van der Waals surface area contributed by atoms with Crippen molar-refractivity contribution in [2.45, 2.75) is 13.0 Å². The van der Waals surface area contributed by atoms with Gasteiger partial charge in [0.05, 0.1) is 12.9 Å². The van der Waals surface area contributed by atoms with Crippen molar-refractivity contribution in [1.82, 2.24) is 4.57 Å². The van der Waals surface area contributed by atoms with E-state index in [1.54, 1.807) is 12.1 Å². The number of ether oxygens (including phenoxy) is 1.